The molecule has 1 N–H and O–H groups in total. The van der Waals surface area contributed by atoms with E-state index in [-0.39, 0.29) is 12.2 Å². The van der Waals surface area contributed by atoms with Gasteiger partial charge in [-0.05, 0) is 57.1 Å². The molecule has 0 radical (unpaired) electrons. The second-order valence-corrected chi connectivity index (χ2v) is 8.04. The molecule has 3 unspecified atom stereocenters. The lowest BCUT2D eigenvalue weighted by Gasteiger charge is -2.37. The number of thiophene rings is 1. The summed E-state index contributed by atoms with van der Waals surface area (Å²) in [5.74, 6) is 0.299. The van der Waals surface area contributed by atoms with Gasteiger partial charge in [0.2, 0.25) is 0 Å². The number of rotatable bonds is 4. The number of esters is 1. The summed E-state index contributed by atoms with van der Waals surface area (Å²) < 4.78 is 11.2. The minimum Gasteiger partial charge on any atom is -0.462 e. The van der Waals surface area contributed by atoms with E-state index in [1.165, 1.54) is 36.2 Å². The summed E-state index contributed by atoms with van der Waals surface area (Å²) in [6.45, 7) is 6.31. The molecule has 2 fully saturated rings. The summed E-state index contributed by atoms with van der Waals surface area (Å²) >= 11 is 1.73. The third kappa shape index (κ3) is 3.07. The first-order chi connectivity index (χ1) is 11.8. The fraction of sp³-hybridized carbons (Fsp3) is 0.722. The van der Waals surface area contributed by atoms with Crippen molar-refractivity contribution in [3.05, 3.63) is 16.0 Å². The van der Waals surface area contributed by atoms with Gasteiger partial charge < -0.3 is 14.8 Å². The predicted molar refractivity (Wildman–Crippen MR) is 94.7 cm³/mol. The Hall–Kier alpha value is -1.11. The Kier molecular flexibility index (Phi) is 4.79. The van der Waals surface area contributed by atoms with Gasteiger partial charge in [-0.1, -0.05) is 0 Å². The molecule has 1 aromatic heterocycles. The van der Waals surface area contributed by atoms with Crippen molar-refractivity contribution in [2.45, 2.75) is 57.7 Å². The lowest BCUT2D eigenvalue weighted by Crippen LogP contribution is -2.38. The van der Waals surface area contributed by atoms with E-state index in [4.69, 9.17) is 9.47 Å². The van der Waals surface area contributed by atoms with E-state index >= 15 is 0 Å². The van der Waals surface area contributed by atoms with Gasteiger partial charge in [0.1, 0.15) is 11.2 Å². The summed E-state index contributed by atoms with van der Waals surface area (Å²) in [4.78, 5) is 16.5. The summed E-state index contributed by atoms with van der Waals surface area (Å²) in [6.07, 6.45) is 5.71. The summed E-state index contributed by atoms with van der Waals surface area (Å²) in [5.41, 5.74) is 2.05. The maximum absolute atomic E-state index is 12.7. The van der Waals surface area contributed by atoms with E-state index in [9.17, 15) is 4.79 Å². The Morgan fingerprint density at radius 1 is 1.38 bits per heavy atom. The van der Waals surface area contributed by atoms with Crippen LogP contribution in [0.2, 0.25) is 0 Å². The summed E-state index contributed by atoms with van der Waals surface area (Å²) in [7, 11) is 0. The first-order valence-corrected chi connectivity index (χ1v) is 10.0. The minimum atomic E-state index is -0.174. The number of carbonyl (C=O) groups is 1. The average Bonchev–Trinajstić information content (AvgIpc) is 2.94. The van der Waals surface area contributed by atoms with Crippen LogP contribution in [0.1, 0.15) is 65.7 Å². The van der Waals surface area contributed by atoms with Crippen LogP contribution in [0.3, 0.4) is 0 Å². The lowest BCUT2D eigenvalue weighted by molar-refractivity contribution is 0.0343. The quantitative estimate of drug-likeness (QED) is 0.842. The number of anilines is 1. The zero-order chi connectivity index (χ0) is 16.5. The molecule has 24 heavy (non-hydrogen) atoms. The monoisotopic (exact) mass is 350 g/mol. The fourth-order valence-corrected chi connectivity index (χ4v) is 5.54. The Balaban J connectivity index is 1.68. The van der Waals surface area contributed by atoms with Crippen molar-refractivity contribution >= 4 is 22.3 Å². The third-order valence-corrected chi connectivity index (χ3v) is 6.38. The molecular weight excluding hydrogens is 324 g/mol. The molecule has 2 bridgehead atoms. The fourth-order valence-electron chi connectivity index (χ4n) is 4.19. The van der Waals surface area contributed by atoms with Gasteiger partial charge in [-0.25, -0.2) is 4.79 Å². The molecule has 132 valence electrons. The predicted octanol–water partition coefficient (Wildman–Crippen LogP) is 3.56. The van der Waals surface area contributed by atoms with E-state index in [1.54, 1.807) is 11.3 Å². The highest BCUT2D eigenvalue weighted by atomic mass is 32.1. The van der Waals surface area contributed by atoms with Gasteiger partial charge in [0.05, 0.1) is 12.2 Å². The summed E-state index contributed by atoms with van der Waals surface area (Å²) in [5, 5.41) is 4.46. The maximum atomic E-state index is 12.7. The second-order valence-electron chi connectivity index (χ2n) is 6.94. The highest BCUT2D eigenvalue weighted by Crippen LogP contribution is 2.45. The van der Waals surface area contributed by atoms with E-state index in [1.807, 2.05) is 6.92 Å². The third-order valence-electron chi connectivity index (χ3n) is 5.25. The second kappa shape index (κ2) is 7.02. The van der Waals surface area contributed by atoms with Crippen molar-refractivity contribution in [3.8, 4) is 0 Å². The zero-order valence-corrected chi connectivity index (χ0v) is 15.1. The number of nitrogens with one attached hydrogen (secondary N) is 1. The largest absolute Gasteiger partial charge is 0.462 e. The molecule has 2 saturated heterocycles. The number of fused-ring (bicyclic) bond motifs is 4. The van der Waals surface area contributed by atoms with Crippen LogP contribution < -0.4 is 5.32 Å². The Bertz CT molecular complexity index is 610. The van der Waals surface area contributed by atoms with Crippen LogP contribution in [0.5, 0.6) is 0 Å². The first-order valence-electron chi connectivity index (χ1n) is 9.19. The lowest BCUT2D eigenvalue weighted by atomic mass is 9.85. The molecule has 0 spiro atoms. The molecule has 0 aliphatic carbocycles. The van der Waals surface area contributed by atoms with Gasteiger partial charge >= 0.3 is 5.97 Å². The SMILES string of the molecule is CCOC(=O)c1c(NC2CCCCO2)sc2c1C1CCCN(C2)C1. The van der Waals surface area contributed by atoms with Crippen LogP contribution in [-0.2, 0) is 16.0 Å². The van der Waals surface area contributed by atoms with Gasteiger partial charge in [0.15, 0.2) is 0 Å². The topological polar surface area (TPSA) is 50.8 Å². The number of nitrogens with zero attached hydrogens (tertiary/aromatic N) is 1. The molecule has 4 rings (SSSR count). The summed E-state index contributed by atoms with van der Waals surface area (Å²) in [6, 6.07) is 0. The van der Waals surface area contributed by atoms with E-state index < -0.39 is 0 Å². The standard InChI is InChI=1S/C18H26N2O3S/c1-2-22-18(21)16-15-12-6-5-8-20(10-12)11-13(15)24-17(16)19-14-7-3-4-9-23-14/h12,14,19H,2-11H2,1H3. The first kappa shape index (κ1) is 16.4. The Morgan fingerprint density at radius 2 is 2.29 bits per heavy atom. The molecule has 4 heterocycles. The molecule has 0 aromatic carbocycles. The molecular formula is C18H26N2O3S. The zero-order valence-electron chi connectivity index (χ0n) is 14.3. The number of carbonyl (C=O) groups excluding carboxylic acids is 1. The van der Waals surface area contributed by atoms with Crippen molar-refractivity contribution in [1.82, 2.24) is 4.90 Å². The number of piperidine rings is 1. The highest BCUT2D eigenvalue weighted by molar-refractivity contribution is 7.16. The molecule has 3 aliphatic heterocycles. The van der Waals surface area contributed by atoms with Gasteiger partial charge in [0.25, 0.3) is 0 Å². The minimum absolute atomic E-state index is 0.0201. The van der Waals surface area contributed by atoms with E-state index in [0.29, 0.717) is 12.5 Å². The number of ether oxygens (including phenoxy) is 2. The van der Waals surface area contributed by atoms with Crippen molar-refractivity contribution in [1.29, 1.82) is 0 Å². The van der Waals surface area contributed by atoms with Gasteiger partial charge in [-0.15, -0.1) is 11.3 Å². The molecule has 3 aliphatic rings. The van der Waals surface area contributed by atoms with Crippen molar-refractivity contribution in [2.24, 2.45) is 0 Å². The Morgan fingerprint density at radius 3 is 3.08 bits per heavy atom. The van der Waals surface area contributed by atoms with E-state index in [0.717, 1.165) is 43.1 Å². The van der Waals surface area contributed by atoms with Crippen LogP contribution >= 0.6 is 11.3 Å². The molecule has 0 amide bonds. The van der Waals surface area contributed by atoms with Crippen LogP contribution in [0, 0.1) is 0 Å². The van der Waals surface area contributed by atoms with Gasteiger partial charge in [-0.2, -0.15) is 0 Å². The Labute approximate surface area is 147 Å². The average molecular weight is 350 g/mol. The number of hydrogen-bond acceptors (Lipinski definition) is 6. The van der Waals surface area contributed by atoms with Crippen LogP contribution in [0.4, 0.5) is 5.00 Å². The number of hydrogen-bond donors (Lipinski definition) is 1. The van der Waals surface area contributed by atoms with Gasteiger partial charge in [-0.3, -0.25) is 4.90 Å². The van der Waals surface area contributed by atoms with Crippen molar-refractivity contribution < 1.29 is 14.3 Å². The normalized spacial score (nSPS) is 29.0. The molecule has 6 heteroatoms. The highest BCUT2D eigenvalue weighted by Gasteiger charge is 2.37. The molecule has 3 atom stereocenters. The smallest absolute Gasteiger partial charge is 0.341 e. The molecule has 5 nitrogen and oxygen atoms in total. The van der Waals surface area contributed by atoms with Crippen LogP contribution in [-0.4, -0.2) is 43.4 Å². The molecule has 1 aromatic rings. The van der Waals surface area contributed by atoms with Gasteiger partial charge in [0, 0.05) is 24.6 Å². The van der Waals surface area contributed by atoms with Crippen molar-refractivity contribution in [2.75, 3.05) is 31.6 Å². The van der Waals surface area contributed by atoms with E-state index in [2.05, 4.69) is 10.2 Å². The van der Waals surface area contributed by atoms with Crippen LogP contribution in [0.15, 0.2) is 0 Å². The molecule has 0 saturated carbocycles. The maximum Gasteiger partial charge on any atom is 0.341 e. The van der Waals surface area contributed by atoms with Crippen molar-refractivity contribution in [3.63, 3.8) is 0 Å². The van der Waals surface area contributed by atoms with Crippen LogP contribution in [0.25, 0.3) is 0 Å².